The molecule has 0 aliphatic rings. The summed E-state index contributed by atoms with van der Waals surface area (Å²) in [6.07, 6.45) is 1.24. The van der Waals surface area contributed by atoms with Crippen LogP contribution in [0.25, 0.3) is 0 Å². The third kappa shape index (κ3) is 2.37. The maximum atomic E-state index is 2.31. The van der Waals surface area contributed by atoms with Crippen LogP contribution in [0, 0.1) is 19.8 Å². The highest BCUT2D eigenvalue weighted by Crippen LogP contribution is 2.30. The number of hydrogen-bond acceptors (Lipinski definition) is 0. The highest BCUT2D eigenvalue weighted by molar-refractivity contribution is 5.33. The van der Waals surface area contributed by atoms with Crippen LogP contribution in [0.1, 0.15) is 49.8 Å². The Morgan fingerprint density at radius 2 is 1.79 bits per heavy atom. The van der Waals surface area contributed by atoms with E-state index in [4.69, 9.17) is 0 Å². The molecule has 0 heterocycles. The minimum Gasteiger partial charge on any atom is -0.0648 e. The molecule has 0 aliphatic heterocycles. The van der Waals surface area contributed by atoms with Crippen LogP contribution in [0.2, 0.25) is 0 Å². The molecule has 1 rings (SSSR count). The van der Waals surface area contributed by atoms with Gasteiger partial charge in [-0.1, -0.05) is 44.5 Å². The van der Waals surface area contributed by atoms with E-state index in [1.807, 2.05) is 0 Å². The maximum Gasteiger partial charge on any atom is -0.0139 e. The minimum atomic E-state index is 0.718. The molecule has 1 aromatic rings. The van der Waals surface area contributed by atoms with E-state index in [2.05, 4.69) is 52.8 Å². The molecule has 0 nitrogen and oxygen atoms in total. The van der Waals surface area contributed by atoms with Gasteiger partial charge in [0.15, 0.2) is 0 Å². The lowest BCUT2D eigenvalue weighted by Gasteiger charge is -2.21. The van der Waals surface area contributed by atoms with E-state index in [0.717, 1.165) is 11.8 Å². The van der Waals surface area contributed by atoms with Crippen molar-refractivity contribution < 1.29 is 0 Å². The quantitative estimate of drug-likeness (QED) is 0.660. The van der Waals surface area contributed by atoms with E-state index < -0.39 is 0 Å². The zero-order chi connectivity index (χ0) is 10.7. The second-order valence-electron chi connectivity index (χ2n) is 4.62. The number of rotatable bonds is 3. The van der Waals surface area contributed by atoms with Gasteiger partial charge in [0.1, 0.15) is 0 Å². The zero-order valence-corrected chi connectivity index (χ0v) is 10.1. The van der Waals surface area contributed by atoms with Crippen molar-refractivity contribution in [1.29, 1.82) is 0 Å². The van der Waals surface area contributed by atoms with E-state index >= 15 is 0 Å². The molecule has 0 unspecified atom stereocenters. The van der Waals surface area contributed by atoms with Gasteiger partial charge < -0.3 is 0 Å². The summed E-state index contributed by atoms with van der Waals surface area (Å²) >= 11 is 0. The van der Waals surface area contributed by atoms with Crippen molar-refractivity contribution in [3.63, 3.8) is 0 Å². The first-order chi connectivity index (χ1) is 6.56. The molecule has 14 heavy (non-hydrogen) atoms. The average molecular weight is 190 g/mol. The number of hydrogen-bond donors (Lipinski definition) is 0. The molecular weight excluding hydrogens is 168 g/mol. The van der Waals surface area contributed by atoms with Crippen molar-refractivity contribution in [3.8, 4) is 0 Å². The smallest absolute Gasteiger partial charge is 0.0139 e. The zero-order valence-electron chi connectivity index (χ0n) is 10.1. The molecule has 0 bridgehead atoms. The second-order valence-corrected chi connectivity index (χ2v) is 4.62. The van der Waals surface area contributed by atoms with Crippen LogP contribution < -0.4 is 0 Å². The van der Waals surface area contributed by atoms with E-state index in [-0.39, 0.29) is 0 Å². The predicted octanol–water partition coefficient (Wildman–Crippen LogP) is 4.45. The summed E-state index contributed by atoms with van der Waals surface area (Å²) in [5.41, 5.74) is 4.35. The van der Waals surface area contributed by atoms with Crippen molar-refractivity contribution >= 4 is 0 Å². The van der Waals surface area contributed by atoms with E-state index in [1.165, 1.54) is 23.1 Å². The Balaban J connectivity index is 3.04. The third-order valence-corrected chi connectivity index (χ3v) is 3.07. The highest BCUT2D eigenvalue weighted by Gasteiger charge is 2.15. The van der Waals surface area contributed by atoms with Gasteiger partial charge in [0.05, 0.1) is 0 Å². The Morgan fingerprint density at radius 3 is 2.21 bits per heavy atom. The first-order valence-electron chi connectivity index (χ1n) is 5.63. The SMILES string of the molecule is CC[C@H](c1ccc(C)cc1C)C(C)C. The van der Waals surface area contributed by atoms with Crippen LogP contribution in [-0.4, -0.2) is 0 Å². The number of aryl methyl sites for hydroxylation is 2. The summed E-state index contributed by atoms with van der Waals surface area (Å²) in [7, 11) is 0. The van der Waals surface area contributed by atoms with Crippen LogP contribution in [0.3, 0.4) is 0 Å². The van der Waals surface area contributed by atoms with Crippen LogP contribution in [0.15, 0.2) is 18.2 Å². The maximum absolute atomic E-state index is 2.31. The van der Waals surface area contributed by atoms with Gasteiger partial charge in [-0.25, -0.2) is 0 Å². The van der Waals surface area contributed by atoms with Crippen molar-refractivity contribution in [2.45, 2.75) is 47.0 Å². The Morgan fingerprint density at radius 1 is 1.14 bits per heavy atom. The summed E-state index contributed by atoms with van der Waals surface area (Å²) in [6, 6.07) is 6.83. The van der Waals surface area contributed by atoms with Crippen LogP contribution in [-0.2, 0) is 0 Å². The van der Waals surface area contributed by atoms with E-state index in [9.17, 15) is 0 Å². The first-order valence-corrected chi connectivity index (χ1v) is 5.63. The fourth-order valence-corrected chi connectivity index (χ4v) is 2.29. The monoisotopic (exact) mass is 190 g/mol. The van der Waals surface area contributed by atoms with Crippen LogP contribution >= 0.6 is 0 Å². The van der Waals surface area contributed by atoms with Gasteiger partial charge in [-0.3, -0.25) is 0 Å². The normalized spacial score (nSPS) is 13.3. The molecule has 1 atom stereocenters. The predicted molar refractivity (Wildman–Crippen MR) is 63.8 cm³/mol. The molecule has 0 aliphatic carbocycles. The van der Waals surface area contributed by atoms with Crippen molar-refractivity contribution in [2.75, 3.05) is 0 Å². The Labute approximate surface area is 88.4 Å². The molecule has 0 amide bonds. The van der Waals surface area contributed by atoms with E-state index in [0.29, 0.717) is 0 Å². The van der Waals surface area contributed by atoms with Crippen LogP contribution in [0.4, 0.5) is 0 Å². The Bertz CT molecular complexity index is 297. The lowest BCUT2D eigenvalue weighted by atomic mass is 9.84. The first kappa shape index (κ1) is 11.3. The van der Waals surface area contributed by atoms with Crippen molar-refractivity contribution in [1.82, 2.24) is 0 Å². The molecule has 0 radical (unpaired) electrons. The summed E-state index contributed by atoms with van der Waals surface area (Å²) in [5.74, 6) is 1.46. The molecule has 78 valence electrons. The van der Waals surface area contributed by atoms with Crippen molar-refractivity contribution in [2.24, 2.45) is 5.92 Å². The van der Waals surface area contributed by atoms with Gasteiger partial charge in [-0.15, -0.1) is 0 Å². The molecule has 0 saturated carbocycles. The van der Waals surface area contributed by atoms with Crippen molar-refractivity contribution in [3.05, 3.63) is 34.9 Å². The molecule has 0 heteroatoms. The molecule has 0 saturated heterocycles. The van der Waals surface area contributed by atoms with Gasteiger partial charge in [0, 0.05) is 0 Å². The Kier molecular flexibility index (Phi) is 3.74. The molecular formula is C14H22. The summed E-state index contributed by atoms with van der Waals surface area (Å²) in [4.78, 5) is 0. The lowest BCUT2D eigenvalue weighted by molar-refractivity contribution is 0.483. The molecule has 0 aromatic heterocycles. The van der Waals surface area contributed by atoms with Gasteiger partial charge in [0.2, 0.25) is 0 Å². The average Bonchev–Trinajstić information content (AvgIpc) is 2.09. The highest BCUT2D eigenvalue weighted by atomic mass is 14.2. The third-order valence-electron chi connectivity index (χ3n) is 3.07. The van der Waals surface area contributed by atoms with Crippen LogP contribution in [0.5, 0.6) is 0 Å². The largest absolute Gasteiger partial charge is 0.0648 e. The lowest BCUT2D eigenvalue weighted by Crippen LogP contribution is -2.07. The Hall–Kier alpha value is -0.780. The van der Waals surface area contributed by atoms with Gasteiger partial charge >= 0.3 is 0 Å². The minimum absolute atomic E-state index is 0.718. The second kappa shape index (κ2) is 4.63. The molecule has 0 N–H and O–H groups in total. The van der Waals surface area contributed by atoms with E-state index in [1.54, 1.807) is 0 Å². The van der Waals surface area contributed by atoms with Gasteiger partial charge in [0.25, 0.3) is 0 Å². The molecule has 0 fully saturated rings. The standard InChI is InChI=1S/C14H22/c1-6-13(10(2)3)14-8-7-11(4)9-12(14)5/h7-10,13H,6H2,1-5H3/t13-/m0/s1. The van der Waals surface area contributed by atoms with Gasteiger partial charge in [-0.2, -0.15) is 0 Å². The summed E-state index contributed by atoms with van der Waals surface area (Å²) < 4.78 is 0. The summed E-state index contributed by atoms with van der Waals surface area (Å²) in [5, 5.41) is 0. The molecule has 0 spiro atoms. The topological polar surface area (TPSA) is 0 Å². The molecule has 1 aromatic carbocycles. The fourth-order valence-electron chi connectivity index (χ4n) is 2.29. The number of benzene rings is 1. The summed E-state index contributed by atoms with van der Waals surface area (Å²) in [6.45, 7) is 11.3. The fraction of sp³-hybridized carbons (Fsp3) is 0.571. The van der Waals surface area contributed by atoms with Gasteiger partial charge in [-0.05, 0) is 43.2 Å².